The van der Waals surface area contributed by atoms with E-state index in [2.05, 4.69) is 25.7 Å². The van der Waals surface area contributed by atoms with Crippen molar-refractivity contribution in [3.63, 3.8) is 0 Å². The van der Waals surface area contributed by atoms with Gasteiger partial charge in [-0.15, -0.1) is 0 Å². The first-order valence-electron chi connectivity index (χ1n) is 7.52. The van der Waals surface area contributed by atoms with Crippen LogP contribution in [0.5, 0.6) is 0 Å². The lowest BCUT2D eigenvalue weighted by atomic mass is 10.1. The van der Waals surface area contributed by atoms with E-state index in [0.717, 1.165) is 13.0 Å². The van der Waals surface area contributed by atoms with Crippen LogP contribution in [0.3, 0.4) is 0 Å². The number of ether oxygens (including phenoxy) is 1. The number of rotatable bonds is 7. The van der Waals surface area contributed by atoms with Gasteiger partial charge >= 0.3 is 5.97 Å². The molecule has 0 aliphatic heterocycles. The maximum Gasteiger partial charge on any atom is 0.323 e. The molecule has 0 amide bonds. The third-order valence-electron chi connectivity index (χ3n) is 3.72. The zero-order valence-corrected chi connectivity index (χ0v) is 12.4. The standard InChI is InChI=1S/C15H29NO2/c1-5-14(15(17)18-6-2)16(11-12(3)4)13-9-7-8-10-13/h12-14H,5-11H2,1-4H3. The van der Waals surface area contributed by atoms with Crippen LogP contribution >= 0.6 is 0 Å². The fraction of sp³-hybridized carbons (Fsp3) is 0.933. The SMILES string of the molecule is CCOC(=O)C(CC)N(CC(C)C)C1CCCC1. The van der Waals surface area contributed by atoms with Crippen LogP contribution in [0.1, 0.15) is 59.8 Å². The molecule has 1 atom stereocenters. The van der Waals surface area contributed by atoms with Crippen LogP contribution in [0.2, 0.25) is 0 Å². The van der Waals surface area contributed by atoms with Gasteiger partial charge in [-0.2, -0.15) is 0 Å². The molecule has 0 saturated heterocycles. The summed E-state index contributed by atoms with van der Waals surface area (Å²) in [5.74, 6) is 0.557. The van der Waals surface area contributed by atoms with E-state index >= 15 is 0 Å². The van der Waals surface area contributed by atoms with Crippen LogP contribution < -0.4 is 0 Å². The van der Waals surface area contributed by atoms with Gasteiger partial charge in [0.05, 0.1) is 6.61 Å². The Balaban J connectivity index is 2.73. The molecule has 0 aromatic carbocycles. The number of hydrogen-bond acceptors (Lipinski definition) is 3. The Bertz CT molecular complexity index is 247. The minimum absolute atomic E-state index is 0.0347. The summed E-state index contributed by atoms with van der Waals surface area (Å²) in [5.41, 5.74) is 0. The van der Waals surface area contributed by atoms with Crippen molar-refractivity contribution in [3.8, 4) is 0 Å². The Morgan fingerprint density at radius 1 is 1.28 bits per heavy atom. The Morgan fingerprint density at radius 2 is 1.89 bits per heavy atom. The van der Waals surface area contributed by atoms with Crippen molar-refractivity contribution in [1.29, 1.82) is 0 Å². The molecule has 0 spiro atoms. The van der Waals surface area contributed by atoms with E-state index in [-0.39, 0.29) is 12.0 Å². The molecule has 1 aliphatic rings. The minimum Gasteiger partial charge on any atom is -0.465 e. The minimum atomic E-state index is -0.0459. The number of esters is 1. The second-order valence-corrected chi connectivity index (χ2v) is 5.71. The molecule has 106 valence electrons. The Morgan fingerprint density at radius 3 is 2.33 bits per heavy atom. The lowest BCUT2D eigenvalue weighted by Crippen LogP contribution is -2.48. The van der Waals surface area contributed by atoms with Gasteiger partial charge in [0.15, 0.2) is 0 Å². The summed E-state index contributed by atoms with van der Waals surface area (Å²) in [6.45, 7) is 9.90. The van der Waals surface area contributed by atoms with E-state index in [1.807, 2.05) is 6.92 Å². The number of hydrogen-bond donors (Lipinski definition) is 0. The fourth-order valence-corrected chi connectivity index (χ4v) is 2.96. The summed E-state index contributed by atoms with van der Waals surface area (Å²) in [7, 11) is 0. The summed E-state index contributed by atoms with van der Waals surface area (Å²) >= 11 is 0. The highest BCUT2D eigenvalue weighted by Crippen LogP contribution is 2.27. The van der Waals surface area contributed by atoms with Crippen molar-refractivity contribution in [1.82, 2.24) is 4.90 Å². The highest BCUT2D eigenvalue weighted by atomic mass is 16.5. The predicted octanol–water partition coefficient (Wildman–Crippen LogP) is 3.23. The summed E-state index contributed by atoms with van der Waals surface area (Å²) in [5, 5.41) is 0. The Kier molecular flexibility index (Phi) is 6.69. The van der Waals surface area contributed by atoms with Gasteiger partial charge < -0.3 is 4.74 Å². The van der Waals surface area contributed by atoms with Gasteiger partial charge in [-0.25, -0.2) is 0 Å². The van der Waals surface area contributed by atoms with Crippen LogP contribution in [0.15, 0.2) is 0 Å². The first kappa shape index (κ1) is 15.5. The Hall–Kier alpha value is -0.570. The van der Waals surface area contributed by atoms with Gasteiger partial charge in [0.25, 0.3) is 0 Å². The van der Waals surface area contributed by atoms with E-state index in [4.69, 9.17) is 4.74 Å². The van der Waals surface area contributed by atoms with Gasteiger partial charge in [-0.05, 0) is 32.1 Å². The molecule has 1 rings (SSSR count). The monoisotopic (exact) mass is 255 g/mol. The third kappa shape index (κ3) is 4.27. The summed E-state index contributed by atoms with van der Waals surface area (Å²) in [6, 6.07) is 0.539. The van der Waals surface area contributed by atoms with Gasteiger partial charge in [0, 0.05) is 12.6 Å². The molecule has 3 heteroatoms. The molecule has 0 aromatic rings. The molecule has 0 heterocycles. The highest BCUT2D eigenvalue weighted by molar-refractivity contribution is 5.75. The molecule has 3 nitrogen and oxygen atoms in total. The van der Waals surface area contributed by atoms with Crippen molar-refractivity contribution >= 4 is 5.97 Å². The topological polar surface area (TPSA) is 29.5 Å². The molecule has 0 N–H and O–H groups in total. The van der Waals surface area contributed by atoms with E-state index in [0.29, 0.717) is 18.6 Å². The normalized spacial score (nSPS) is 18.6. The van der Waals surface area contributed by atoms with Gasteiger partial charge in [0.2, 0.25) is 0 Å². The van der Waals surface area contributed by atoms with Gasteiger partial charge in [0.1, 0.15) is 6.04 Å². The number of carbonyl (C=O) groups excluding carboxylic acids is 1. The quantitative estimate of drug-likeness (QED) is 0.654. The van der Waals surface area contributed by atoms with E-state index in [1.54, 1.807) is 0 Å². The average molecular weight is 255 g/mol. The van der Waals surface area contributed by atoms with Crippen molar-refractivity contribution in [2.24, 2.45) is 5.92 Å². The van der Waals surface area contributed by atoms with Crippen molar-refractivity contribution in [3.05, 3.63) is 0 Å². The number of carbonyl (C=O) groups is 1. The lowest BCUT2D eigenvalue weighted by Gasteiger charge is -2.35. The van der Waals surface area contributed by atoms with Crippen LogP contribution in [0.4, 0.5) is 0 Å². The third-order valence-corrected chi connectivity index (χ3v) is 3.72. The molecular weight excluding hydrogens is 226 g/mol. The highest BCUT2D eigenvalue weighted by Gasteiger charge is 2.32. The van der Waals surface area contributed by atoms with E-state index in [9.17, 15) is 4.79 Å². The predicted molar refractivity (Wildman–Crippen MR) is 74.5 cm³/mol. The largest absolute Gasteiger partial charge is 0.465 e. The molecule has 0 aromatic heterocycles. The lowest BCUT2D eigenvalue weighted by molar-refractivity contribution is -0.151. The zero-order chi connectivity index (χ0) is 13.5. The van der Waals surface area contributed by atoms with Gasteiger partial charge in [-0.1, -0.05) is 33.6 Å². The Labute approximate surface area is 112 Å². The van der Waals surface area contributed by atoms with Crippen LogP contribution in [0.25, 0.3) is 0 Å². The smallest absolute Gasteiger partial charge is 0.323 e. The fourth-order valence-electron chi connectivity index (χ4n) is 2.96. The maximum absolute atomic E-state index is 12.1. The second-order valence-electron chi connectivity index (χ2n) is 5.71. The molecule has 0 radical (unpaired) electrons. The molecular formula is C15H29NO2. The zero-order valence-electron chi connectivity index (χ0n) is 12.4. The van der Waals surface area contributed by atoms with E-state index in [1.165, 1.54) is 25.7 Å². The summed E-state index contributed by atoms with van der Waals surface area (Å²) in [4.78, 5) is 14.5. The molecule has 18 heavy (non-hydrogen) atoms. The van der Waals surface area contributed by atoms with Gasteiger partial charge in [-0.3, -0.25) is 9.69 Å². The van der Waals surface area contributed by atoms with Crippen LogP contribution in [-0.2, 0) is 9.53 Å². The van der Waals surface area contributed by atoms with Crippen LogP contribution in [0, 0.1) is 5.92 Å². The second kappa shape index (κ2) is 7.78. The summed E-state index contributed by atoms with van der Waals surface area (Å²) < 4.78 is 5.24. The first-order valence-corrected chi connectivity index (χ1v) is 7.52. The maximum atomic E-state index is 12.1. The van der Waals surface area contributed by atoms with Crippen molar-refractivity contribution in [2.75, 3.05) is 13.2 Å². The number of nitrogens with zero attached hydrogens (tertiary/aromatic N) is 1. The van der Waals surface area contributed by atoms with Crippen molar-refractivity contribution in [2.45, 2.75) is 71.9 Å². The average Bonchev–Trinajstić information content (AvgIpc) is 2.81. The van der Waals surface area contributed by atoms with Crippen molar-refractivity contribution < 1.29 is 9.53 Å². The molecule has 1 aliphatic carbocycles. The molecule has 1 fully saturated rings. The molecule has 1 unspecified atom stereocenters. The summed E-state index contributed by atoms with van der Waals surface area (Å²) in [6.07, 6.45) is 5.93. The molecule has 0 bridgehead atoms. The molecule has 1 saturated carbocycles. The van der Waals surface area contributed by atoms with Crippen LogP contribution in [-0.4, -0.2) is 36.1 Å². The first-order chi connectivity index (χ1) is 8.60. The van der Waals surface area contributed by atoms with E-state index < -0.39 is 0 Å².